The smallest absolute Gasteiger partial charge is 0.407 e. The predicted octanol–water partition coefficient (Wildman–Crippen LogP) is 3.41. The summed E-state index contributed by atoms with van der Waals surface area (Å²) in [6, 6.07) is 20.4. The van der Waals surface area contributed by atoms with E-state index in [9.17, 15) is 19.8 Å². The number of hydrogen-bond donors (Lipinski definition) is 3. The molecule has 2 unspecified atom stereocenters. The SMILES string of the molecule is COC(=O)c1ccc(OC)c(C(O)C(O)CNC(=O)OCC2c3ccccc3-c3ccccc32)c1. The van der Waals surface area contributed by atoms with E-state index >= 15 is 0 Å². The zero-order valence-corrected chi connectivity index (χ0v) is 19.4. The number of ether oxygens (including phenoxy) is 3. The molecule has 0 saturated carbocycles. The summed E-state index contributed by atoms with van der Waals surface area (Å²) >= 11 is 0. The van der Waals surface area contributed by atoms with Gasteiger partial charge in [-0.25, -0.2) is 9.59 Å². The molecule has 35 heavy (non-hydrogen) atoms. The van der Waals surface area contributed by atoms with Crippen molar-refractivity contribution < 1.29 is 34.0 Å². The molecule has 0 radical (unpaired) electrons. The lowest BCUT2D eigenvalue weighted by atomic mass is 9.98. The topological polar surface area (TPSA) is 114 Å². The lowest BCUT2D eigenvalue weighted by Crippen LogP contribution is -2.36. The van der Waals surface area contributed by atoms with Gasteiger partial charge in [-0.05, 0) is 40.5 Å². The Bertz CT molecular complexity index is 1180. The van der Waals surface area contributed by atoms with Crippen LogP contribution in [0.15, 0.2) is 66.7 Å². The van der Waals surface area contributed by atoms with Gasteiger partial charge in [0.25, 0.3) is 0 Å². The molecular formula is C27H27NO7. The molecule has 8 nitrogen and oxygen atoms in total. The second-order valence-corrected chi connectivity index (χ2v) is 8.17. The van der Waals surface area contributed by atoms with Crippen molar-refractivity contribution in [1.29, 1.82) is 0 Å². The summed E-state index contributed by atoms with van der Waals surface area (Å²) < 4.78 is 15.4. The first-order chi connectivity index (χ1) is 16.9. The first-order valence-corrected chi connectivity index (χ1v) is 11.2. The van der Waals surface area contributed by atoms with Crippen molar-refractivity contribution in [2.75, 3.05) is 27.4 Å². The Morgan fingerprint density at radius 3 is 2.17 bits per heavy atom. The van der Waals surface area contributed by atoms with Crippen LogP contribution in [0, 0.1) is 0 Å². The molecule has 0 fully saturated rings. The van der Waals surface area contributed by atoms with E-state index < -0.39 is 24.3 Å². The van der Waals surface area contributed by atoms with E-state index in [1.807, 2.05) is 36.4 Å². The minimum atomic E-state index is -1.43. The highest BCUT2D eigenvalue weighted by atomic mass is 16.5. The monoisotopic (exact) mass is 477 g/mol. The molecule has 3 N–H and O–H groups in total. The quantitative estimate of drug-likeness (QED) is 0.426. The Labute approximate surface area is 203 Å². The first kappa shape index (κ1) is 24.3. The number of aliphatic hydroxyl groups excluding tert-OH is 2. The third kappa shape index (κ3) is 4.99. The van der Waals surface area contributed by atoms with Crippen molar-refractivity contribution >= 4 is 12.1 Å². The lowest BCUT2D eigenvalue weighted by Gasteiger charge is -2.21. The van der Waals surface area contributed by atoms with Crippen LogP contribution in [0.3, 0.4) is 0 Å². The number of carbonyl (C=O) groups excluding carboxylic acids is 2. The van der Waals surface area contributed by atoms with Gasteiger partial charge in [0.15, 0.2) is 0 Å². The third-order valence-electron chi connectivity index (χ3n) is 6.13. The molecule has 1 aliphatic rings. The number of amides is 1. The van der Waals surface area contributed by atoms with Crippen LogP contribution >= 0.6 is 0 Å². The van der Waals surface area contributed by atoms with E-state index in [4.69, 9.17) is 14.2 Å². The molecule has 8 heteroatoms. The number of alkyl carbamates (subject to hydrolysis) is 1. The molecule has 0 aliphatic heterocycles. The van der Waals surface area contributed by atoms with Crippen LogP contribution in [0.25, 0.3) is 11.1 Å². The molecule has 0 spiro atoms. The Balaban J connectivity index is 1.37. The number of methoxy groups -OCH3 is 2. The predicted molar refractivity (Wildman–Crippen MR) is 128 cm³/mol. The van der Waals surface area contributed by atoms with Crippen molar-refractivity contribution in [3.8, 4) is 16.9 Å². The van der Waals surface area contributed by atoms with Crippen molar-refractivity contribution in [2.45, 2.75) is 18.1 Å². The molecule has 1 aliphatic carbocycles. The highest BCUT2D eigenvalue weighted by Gasteiger charge is 2.29. The van der Waals surface area contributed by atoms with Gasteiger partial charge >= 0.3 is 12.1 Å². The van der Waals surface area contributed by atoms with Gasteiger partial charge in [0.1, 0.15) is 24.6 Å². The average molecular weight is 478 g/mol. The molecule has 3 aromatic carbocycles. The maximum atomic E-state index is 12.4. The van der Waals surface area contributed by atoms with Gasteiger partial charge in [0.2, 0.25) is 0 Å². The Morgan fingerprint density at radius 1 is 0.943 bits per heavy atom. The van der Waals surface area contributed by atoms with Gasteiger partial charge in [-0.3, -0.25) is 0 Å². The molecule has 0 bridgehead atoms. The van der Waals surface area contributed by atoms with Crippen molar-refractivity contribution in [3.05, 3.63) is 89.0 Å². The van der Waals surface area contributed by atoms with Crippen molar-refractivity contribution in [2.24, 2.45) is 0 Å². The lowest BCUT2D eigenvalue weighted by molar-refractivity contribution is 0.0171. The summed E-state index contributed by atoms with van der Waals surface area (Å²) in [6.45, 7) is -0.142. The number of fused-ring (bicyclic) bond motifs is 3. The maximum absolute atomic E-state index is 12.4. The summed E-state index contributed by atoms with van der Waals surface area (Å²) in [5.74, 6) is -0.397. The van der Waals surface area contributed by atoms with Crippen LogP contribution in [0.4, 0.5) is 4.79 Å². The number of hydrogen-bond acceptors (Lipinski definition) is 7. The highest BCUT2D eigenvalue weighted by Crippen LogP contribution is 2.44. The van der Waals surface area contributed by atoms with Gasteiger partial charge in [0.05, 0.1) is 19.8 Å². The summed E-state index contributed by atoms with van der Waals surface area (Å²) in [5.41, 5.74) is 4.82. The largest absolute Gasteiger partial charge is 0.496 e. The number of esters is 1. The van der Waals surface area contributed by atoms with Gasteiger partial charge in [-0.15, -0.1) is 0 Å². The number of carbonyl (C=O) groups is 2. The number of aliphatic hydroxyl groups is 2. The van der Waals surface area contributed by atoms with Gasteiger partial charge in [0, 0.05) is 18.0 Å². The van der Waals surface area contributed by atoms with E-state index in [-0.39, 0.29) is 35.9 Å². The minimum Gasteiger partial charge on any atom is -0.496 e. The molecule has 0 heterocycles. The number of nitrogens with one attached hydrogen (secondary N) is 1. The fraction of sp³-hybridized carbons (Fsp3) is 0.259. The highest BCUT2D eigenvalue weighted by molar-refractivity contribution is 5.89. The normalized spacial score (nSPS) is 13.8. The van der Waals surface area contributed by atoms with Crippen molar-refractivity contribution in [1.82, 2.24) is 5.32 Å². The van der Waals surface area contributed by atoms with E-state index in [1.54, 1.807) is 0 Å². The maximum Gasteiger partial charge on any atom is 0.407 e. The van der Waals surface area contributed by atoms with E-state index in [2.05, 4.69) is 17.4 Å². The molecule has 0 aromatic heterocycles. The molecule has 4 rings (SSSR count). The fourth-order valence-electron chi connectivity index (χ4n) is 4.37. The van der Waals surface area contributed by atoms with Gasteiger partial charge in [-0.2, -0.15) is 0 Å². The van der Waals surface area contributed by atoms with Gasteiger partial charge < -0.3 is 29.7 Å². The van der Waals surface area contributed by atoms with Gasteiger partial charge in [-0.1, -0.05) is 48.5 Å². The zero-order chi connectivity index (χ0) is 24.9. The van der Waals surface area contributed by atoms with Crippen LogP contribution in [-0.2, 0) is 9.47 Å². The second-order valence-electron chi connectivity index (χ2n) is 8.17. The molecule has 3 aromatic rings. The van der Waals surface area contributed by atoms with Crippen LogP contribution in [0.5, 0.6) is 5.75 Å². The minimum absolute atomic E-state index is 0.0889. The Morgan fingerprint density at radius 2 is 1.57 bits per heavy atom. The number of benzene rings is 3. The zero-order valence-electron chi connectivity index (χ0n) is 19.4. The standard InChI is InChI=1S/C27H27NO7/c1-33-24-12-11-16(26(31)34-2)13-21(24)25(30)23(29)14-28-27(32)35-15-22-19-9-5-3-7-17(19)18-8-4-6-10-20(18)22/h3-13,22-23,25,29-30H,14-15H2,1-2H3,(H,28,32). The average Bonchev–Trinajstić information content (AvgIpc) is 3.22. The van der Waals surface area contributed by atoms with Crippen LogP contribution in [0.2, 0.25) is 0 Å². The second kappa shape index (κ2) is 10.6. The van der Waals surface area contributed by atoms with E-state index in [0.717, 1.165) is 22.3 Å². The summed E-state index contributed by atoms with van der Waals surface area (Å²) in [6.07, 6.45) is -3.52. The fourth-order valence-corrected chi connectivity index (χ4v) is 4.37. The van der Waals surface area contributed by atoms with Crippen LogP contribution in [0.1, 0.15) is 39.1 Å². The Hall–Kier alpha value is -3.88. The van der Waals surface area contributed by atoms with Crippen LogP contribution < -0.4 is 10.1 Å². The first-order valence-electron chi connectivity index (χ1n) is 11.2. The Kier molecular flexibility index (Phi) is 7.33. The molecule has 2 atom stereocenters. The molecule has 1 amide bonds. The molecule has 182 valence electrons. The molecular weight excluding hydrogens is 450 g/mol. The van der Waals surface area contributed by atoms with Crippen molar-refractivity contribution in [3.63, 3.8) is 0 Å². The summed E-state index contributed by atoms with van der Waals surface area (Å²) in [7, 11) is 2.65. The van der Waals surface area contributed by atoms with E-state index in [0.29, 0.717) is 0 Å². The third-order valence-corrected chi connectivity index (χ3v) is 6.13. The molecule has 0 saturated heterocycles. The summed E-state index contributed by atoms with van der Waals surface area (Å²) in [5, 5.41) is 23.6. The summed E-state index contributed by atoms with van der Waals surface area (Å²) in [4.78, 5) is 24.2. The van der Waals surface area contributed by atoms with E-state index in [1.165, 1.54) is 32.4 Å². The number of rotatable bonds is 8. The van der Waals surface area contributed by atoms with Crippen LogP contribution in [-0.4, -0.2) is 55.8 Å².